The molecule has 1 aromatic heterocycles. The summed E-state index contributed by atoms with van der Waals surface area (Å²) in [6, 6.07) is 24.1. The van der Waals surface area contributed by atoms with Crippen molar-refractivity contribution < 1.29 is 13.9 Å². The Labute approximate surface area is 212 Å². The first kappa shape index (κ1) is 23.5. The molecular weight excluding hydrogens is 486 g/mol. The smallest absolute Gasteiger partial charge is 0.257 e. The molecule has 7 heteroatoms. The molecule has 35 heavy (non-hydrogen) atoms. The molecule has 1 fully saturated rings. The van der Waals surface area contributed by atoms with Gasteiger partial charge in [-0.25, -0.2) is 4.39 Å². The summed E-state index contributed by atoms with van der Waals surface area (Å²) >= 11 is 12.3. The quantitative estimate of drug-likeness (QED) is 0.293. The van der Waals surface area contributed by atoms with Crippen molar-refractivity contribution in [3.63, 3.8) is 0 Å². The highest BCUT2D eigenvalue weighted by Crippen LogP contribution is 2.45. The van der Waals surface area contributed by atoms with Crippen molar-refractivity contribution in [2.24, 2.45) is 0 Å². The van der Waals surface area contributed by atoms with Crippen LogP contribution in [0.2, 0.25) is 10.0 Å². The molecule has 0 aliphatic carbocycles. The summed E-state index contributed by atoms with van der Waals surface area (Å²) in [7, 11) is 0. The van der Waals surface area contributed by atoms with E-state index in [4.69, 9.17) is 27.9 Å². The van der Waals surface area contributed by atoms with Gasteiger partial charge in [0.25, 0.3) is 5.91 Å². The molecule has 3 atom stereocenters. The molecular formula is C28H21Cl2FN2O2. The van der Waals surface area contributed by atoms with Crippen LogP contribution in [0.1, 0.15) is 28.8 Å². The normalized spacial score (nSPS) is 20.1. The van der Waals surface area contributed by atoms with Crippen LogP contribution in [-0.2, 0) is 16.0 Å². The highest BCUT2D eigenvalue weighted by atomic mass is 35.5. The number of rotatable bonds is 5. The summed E-state index contributed by atoms with van der Waals surface area (Å²) in [6.07, 6.45) is 2.34. The summed E-state index contributed by atoms with van der Waals surface area (Å²) in [5.41, 5.74) is 3.26. The van der Waals surface area contributed by atoms with Gasteiger partial charge in [0.05, 0.1) is 6.04 Å². The van der Waals surface area contributed by atoms with Gasteiger partial charge in [0.15, 0.2) is 0 Å². The number of anilines is 1. The lowest BCUT2D eigenvalue weighted by Gasteiger charge is -2.45. The lowest BCUT2D eigenvalue weighted by atomic mass is 9.90. The second kappa shape index (κ2) is 10.2. The minimum atomic E-state index is -0.780. The fraction of sp³-hybridized carbons (Fsp3) is 0.143. The topological polar surface area (TPSA) is 42.4 Å². The van der Waals surface area contributed by atoms with Crippen molar-refractivity contribution in [2.45, 2.75) is 24.7 Å². The number of pyridine rings is 1. The number of benzene rings is 3. The zero-order chi connectivity index (χ0) is 24.4. The SMILES string of the molecule is O=C1[C@@H](Cc2ccc(F)cc2)O[C@H](c2ccc(Cl)cc2)[C@H](c2ccc(Cl)cc2)N1c1ccncc1. The van der Waals surface area contributed by atoms with Gasteiger partial charge < -0.3 is 4.74 Å². The Kier molecular flexibility index (Phi) is 6.82. The fourth-order valence-electron chi connectivity index (χ4n) is 4.40. The first-order valence-corrected chi connectivity index (χ1v) is 11.9. The Morgan fingerprint density at radius 2 is 1.37 bits per heavy atom. The number of amides is 1. The number of nitrogens with zero attached hydrogens (tertiary/aromatic N) is 2. The molecule has 4 nitrogen and oxygen atoms in total. The lowest BCUT2D eigenvalue weighted by Crippen LogP contribution is -2.51. The molecule has 1 aliphatic heterocycles. The Hall–Kier alpha value is -3.25. The number of hydrogen-bond donors (Lipinski definition) is 0. The van der Waals surface area contributed by atoms with E-state index in [0.717, 1.165) is 16.7 Å². The van der Waals surface area contributed by atoms with Gasteiger partial charge in [-0.3, -0.25) is 14.7 Å². The molecule has 1 amide bonds. The van der Waals surface area contributed by atoms with Gasteiger partial charge >= 0.3 is 0 Å². The van der Waals surface area contributed by atoms with Crippen LogP contribution >= 0.6 is 23.2 Å². The zero-order valence-electron chi connectivity index (χ0n) is 18.5. The molecule has 176 valence electrons. The number of ether oxygens (including phenoxy) is 1. The Balaban J connectivity index is 1.63. The molecule has 0 spiro atoms. The average Bonchev–Trinajstić information content (AvgIpc) is 2.88. The lowest BCUT2D eigenvalue weighted by molar-refractivity contribution is -0.144. The number of carbonyl (C=O) groups is 1. The van der Waals surface area contributed by atoms with Crippen molar-refractivity contribution in [2.75, 3.05) is 4.90 Å². The number of aromatic nitrogens is 1. The molecule has 2 heterocycles. The van der Waals surface area contributed by atoms with Crippen LogP contribution in [0.4, 0.5) is 10.1 Å². The van der Waals surface area contributed by atoms with Crippen LogP contribution in [0.15, 0.2) is 97.3 Å². The highest BCUT2D eigenvalue weighted by molar-refractivity contribution is 6.30. The van der Waals surface area contributed by atoms with E-state index in [9.17, 15) is 9.18 Å². The van der Waals surface area contributed by atoms with Crippen LogP contribution in [-0.4, -0.2) is 17.0 Å². The van der Waals surface area contributed by atoms with Crippen LogP contribution in [0, 0.1) is 5.82 Å². The van der Waals surface area contributed by atoms with Crippen LogP contribution in [0.3, 0.4) is 0 Å². The Bertz CT molecular complexity index is 1300. The number of carbonyl (C=O) groups excluding carboxylic acids is 1. The second-order valence-electron chi connectivity index (χ2n) is 8.34. The van der Waals surface area contributed by atoms with Crippen molar-refractivity contribution in [1.82, 2.24) is 4.98 Å². The van der Waals surface area contributed by atoms with E-state index in [0.29, 0.717) is 22.2 Å². The molecule has 1 saturated heterocycles. The first-order valence-electron chi connectivity index (χ1n) is 11.1. The molecule has 0 N–H and O–H groups in total. The van der Waals surface area contributed by atoms with Crippen molar-refractivity contribution in [3.05, 3.63) is 130 Å². The van der Waals surface area contributed by atoms with Gasteiger partial charge in [-0.2, -0.15) is 0 Å². The van der Waals surface area contributed by atoms with Crippen LogP contribution < -0.4 is 4.90 Å². The molecule has 3 aromatic carbocycles. The van der Waals surface area contributed by atoms with Gasteiger partial charge in [0.1, 0.15) is 18.0 Å². The summed E-state index contributed by atoms with van der Waals surface area (Å²) in [5.74, 6) is -0.518. The summed E-state index contributed by atoms with van der Waals surface area (Å²) in [6.45, 7) is 0. The third kappa shape index (κ3) is 5.08. The summed E-state index contributed by atoms with van der Waals surface area (Å²) in [4.78, 5) is 19.8. The minimum Gasteiger partial charge on any atom is -0.358 e. The average molecular weight is 507 g/mol. The predicted molar refractivity (Wildman–Crippen MR) is 135 cm³/mol. The van der Waals surface area contributed by atoms with Gasteiger partial charge in [0.2, 0.25) is 0 Å². The van der Waals surface area contributed by atoms with E-state index in [1.54, 1.807) is 65.8 Å². The van der Waals surface area contributed by atoms with Crippen LogP contribution in [0.5, 0.6) is 0 Å². The van der Waals surface area contributed by atoms with Gasteiger partial charge in [-0.05, 0) is 65.2 Å². The van der Waals surface area contributed by atoms with Crippen LogP contribution in [0.25, 0.3) is 0 Å². The number of hydrogen-bond acceptors (Lipinski definition) is 3. The Morgan fingerprint density at radius 1 is 0.800 bits per heavy atom. The van der Waals surface area contributed by atoms with Crippen molar-refractivity contribution in [3.8, 4) is 0 Å². The highest BCUT2D eigenvalue weighted by Gasteiger charge is 2.44. The molecule has 0 radical (unpaired) electrons. The first-order chi connectivity index (χ1) is 17.0. The predicted octanol–water partition coefficient (Wildman–Crippen LogP) is 6.98. The number of halogens is 3. The summed E-state index contributed by atoms with van der Waals surface area (Å²) in [5, 5.41) is 1.21. The standard InChI is InChI=1S/C28H21Cl2FN2O2/c29-21-7-3-19(4-8-21)26-27(20-5-9-22(30)10-6-20)35-25(17-18-1-11-23(31)12-2-18)28(34)33(26)24-13-15-32-16-14-24/h1-16,25-27H,17H2/t25-,26+,27-/m1/s1. The largest absolute Gasteiger partial charge is 0.358 e. The van der Waals surface area contributed by atoms with E-state index in [1.165, 1.54) is 12.1 Å². The third-order valence-corrected chi connectivity index (χ3v) is 6.58. The van der Waals surface area contributed by atoms with Crippen molar-refractivity contribution in [1.29, 1.82) is 0 Å². The second-order valence-corrected chi connectivity index (χ2v) is 9.21. The van der Waals surface area contributed by atoms with Crippen molar-refractivity contribution >= 4 is 34.8 Å². The van der Waals surface area contributed by atoms with Gasteiger partial charge in [-0.15, -0.1) is 0 Å². The number of morpholine rings is 1. The van der Waals surface area contributed by atoms with E-state index in [-0.39, 0.29) is 11.7 Å². The molecule has 1 aliphatic rings. The third-order valence-electron chi connectivity index (χ3n) is 6.07. The molecule has 0 saturated carbocycles. The zero-order valence-corrected chi connectivity index (χ0v) is 20.0. The maximum absolute atomic E-state index is 13.9. The maximum Gasteiger partial charge on any atom is 0.257 e. The monoisotopic (exact) mass is 506 g/mol. The van der Waals surface area contributed by atoms with E-state index < -0.39 is 18.2 Å². The van der Waals surface area contributed by atoms with Gasteiger partial charge in [0, 0.05) is 34.5 Å². The molecule has 0 bridgehead atoms. The maximum atomic E-state index is 13.9. The summed E-state index contributed by atoms with van der Waals surface area (Å²) < 4.78 is 20.0. The van der Waals surface area contributed by atoms with E-state index in [2.05, 4.69) is 4.98 Å². The van der Waals surface area contributed by atoms with E-state index in [1.807, 2.05) is 24.3 Å². The molecule has 0 unspecified atom stereocenters. The van der Waals surface area contributed by atoms with E-state index >= 15 is 0 Å². The fourth-order valence-corrected chi connectivity index (χ4v) is 4.65. The molecule has 5 rings (SSSR count). The minimum absolute atomic E-state index is 0.189. The molecule has 4 aromatic rings. The van der Waals surface area contributed by atoms with Gasteiger partial charge in [-0.1, -0.05) is 59.6 Å². The Morgan fingerprint density at radius 3 is 1.97 bits per heavy atom.